The number of benzene rings is 3. The van der Waals surface area contributed by atoms with Crippen LogP contribution in [0.3, 0.4) is 0 Å². The molecular formula is C30H34ClN3O4. The maximum atomic E-state index is 13.8. The SMILES string of the molecule is CC[C@@H](C)Oc1cc2c(cc1OC)CC(=O)N(c1ccc(N(C)C)cc1)C2c1ccc(Cl)cc1C(=O)NC. The molecule has 1 aliphatic rings. The lowest BCUT2D eigenvalue weighted by Crippen LogP contribution is -2.42. The maximum absolute atomic E-state index is 13.8. The van der Waals surface area contributed by atoms with Crippen LogP contribution in [0.5, 0.6) is 11.5 Å². The molecule has 0 bridgehead atoms. The van der Waals surface area contributed by atoms with Crippen LogP contribution in [0, 0.1) is 0 Å². The average Bonchev–Trinajstić information content (AvgIpc) is 2.91. The summed E-state index contributed by atoms with van der Waals surface area (Å²) in [7, 11) is 7.10. The van der Waals surface area contributed by atoms with Gasteiger partial charge in [-0.1, -0.05) is 24.6 Å². The number of methoxy groups -OCH3 is 1. The van der Waals surface area contributed by atoms with Crippen LogP contribution in [0.4, 0.5) is 11.4 Å². The highest BCUT2D eigenvalue weighted by molar-refractivity contribution is 6.31. The summed E-state index contributed by atoms with van der Waals surface area (Å²) in [5.74, 6) is 0.797. The minimum atomic E-state index is -0.591. The van der Waals surface area contributed by atoms with Gasteiger partial charge in [0.05, 0.1) is 25.7 Å². The molecule has 3 aromatic carbocycles. The van der Waals surface area contributed by atoms with Crippen molar-refractivity contribution in [2.75, 3.05) is 38.1 Å². The predicted octanol–water partition coefficient (Wildman–Crippen LogP) is 5.63. The maximum Gasteiger partial charge on any atom is 0.251 e. The Morgan fingerprint density at radius 1 is 1.11 bits per heavy atom. The zero-order valence-electron chi connectivity index (χ0n) is 22.7. The number of hydrogen-bond donors (Lipinski definition) is 1. The Labute approximate surface area is 229 Å². The summed E-state index contributed by atoms with van der Waals surface area (Å²) in [5.41, 5.74) is 4.51. The highest BCUT2D eigenvalue weighted by atomic mass is 35.5. The van der Waals surface area contributed by atoms with Crippen molar-refractivity contribution in [2.24, 2.45) is 0 Å². The van der Waals surface area contributed by atoms with Gasteiger partial charge >= 0.3 is 0 Å². The smallest absolute Gasteiger partial charge is 0.251 e. The third kappa shape index (κ3) is 5.29. The van der Waals surface area contributed by atoms with E-state index in [2.05, 4.69) is 12.2 Å². The standard InChI is InChI=1S/C30H34ClN3O4/c1-7-18(2)38-27-17-24-19(14-26(27)37-6)15-28(35)34(22-11-9-21(10-12-22)33(4)5)29(24)23-13-8-20(31)16-25(23)30(36)32-3/h8-14,16-18,29H,7,15H2,1-6H3,(H,32,36)/t18-,29?/m1/s1. The number of carbonyl (C=O) groups is 2. The number of hydrogen-bond acceptors (Lipinski definition) is 5. The Morgan fingerprint density at radius 2 is 1.82 bits per heavy atom. The van der Waals surface area contributed by atoms with E-state index < -0.39 is 6.04 Å². The monoisotopic (exact) mass is 535 g/mol. The van der Waals surface area contributed by atoms with Gasteiger partial charge in [-0.3, -0.25) is 9.59 Å². The zero-order chi connectivity index (χ0) is 27.6. The molecule has 1 aliphatic heterocycles. The molecule has 1 heterocycles. The minimum absolute atomic E-state index is 0.0303. The molecule has 0 spiro atoms. The summed E-state index contributed by atoms with van der Waals surface area (Å²) in [6.45, 7) is 4.06. The normalized spacial score (nSPS) is 15.5. The number of ether oxygens (including phenoxy) is 2. The Balaban J connectivity index is 1.98. The second kappa shape index (κ2) is 11.4. The second-order valence-electron chi connectivity index (χ2n) is 9.60. The molecule has 8 heteroatoms. The summed E-state index contributed by atoms with van der Waals surface area (Å²) >= 11 is 6.32. The molecule has 3 aromatic rings. The lowest BCUT2D eigenvalue weighted by atomic mass is 9.84. The molecule has 0 radical (unpaired) electrons. The first-order valence-electron chi connectivity index (χ1n) is 12.7. The molecule has 0 aromatic heterocycles. The minimum Gasteiger partial charge on any atom is -0.493 e. The van der Waals surface area contributed by atoms with Gasteiger partial charge in [0, 0.05) is 43.1 Å². The van der Waals surface area contributed by atoms with Gasteiger partial charge in [0.25, 0.3) is 5.91 Å². The Kier molecular flexibility index (Phi) is 8.17. The lowest BCUT2D eigenvalue weighted by molar-refractivity contribution is -0.118. The van der Waals surface area contributed by atoms with E-state index in [0.717, 1.165) is 28.9 Å². The van der Waals surface area contributed by atoms with Crippen molar-refractivity contribution in [2.45, 2.75) is 38.8 Å². The summed E-state index contributed by atoms with van der Waals surface area (Å²) in [5, 5.41) is 3.15. The lowest BCUT2D eigenvalue weighted by Gasteiger charge is -2.39. The first kappa shape index (κ1) is 27.3. The molecule has 38 heavy (non-hydrogen) atoms. The number of fused-ring (bicyclic) bond motifs is 1. The van der Waals surface area contributed by atoms with Crippen molar-refractivity contribution in [3.05, 3.63) is 81.9 Å². The number of nitrogens with one attached hydrogen (secondary N) is 1. The van der Waals surface area contributed by atoms with Crippen LogP contribution in [0.1, 0.15) is 53.4 Å². The Morgan fingerprint density at radius 3 is 2.42 bits per heavy atom. The van der Waals surface area contributed by atoms with Crippen LogP contribution in [-0.2, 0) is 11.2 Å². The number of anilines is 2. The number of rotatable bonds is 8. The third-order valence-electron chi connectivity index (χ3n) is 6.92. The molecular weight excluding hydrogens is 502 g/mol. The van der Waals surface area contributed by atoms with E-state index in [1.807, 2.05) is 68.4 Å². The van der Waals surface area contributed by atoms with Crippen LogP contribution >= 0.6 is 11.6 Å². The van der Waals surface area contributed by atoms with Gasteiger partial charge < -0.3 is 24.6 Å². The van der Waals surface area contributed by atoms with E-state index in [1.54, 1.807) is 31.2 Å². The van der Waals surface area contributed by atoms with Gasteiger partial charge in [-0.25, -0.2) is 0 Å². The fourth-order valence-corrected chi connectivity index (χ4v) is 4.89. The van der Waals surface area contributed by atoms with Crippen molar-refractivity contribution < 1.29 is 19.1 Å². The highest BCUT2D eigenvalue weighted by Gasteiger charge is 2.38. The predicted molar refractivity (Wildman–Crippen MR) is 152 cm³/mol. The Bertz CT molecular complexity index is 1340. The molecule has 200 valence electrons. The van der Waals surface area contributed by atoms with Crippen LogP contribution < -0.4 is 24.6 Å². The number of halogens is 1. The second-order valence-corrected chi connectivity index (χ2v) is 10.0. The van der Waals surface area contributed by atoms with Gasteiger partial charge in [0.15, 0.2) is 11.5 Å². The highest BCUT2D eigenvalue weighted by Crippen LogP contribution is 2.45. The van der Waals surface area contributed by atoms with Crippen LogP contribution in [0.25, 0.3) is 0 Å². The molecule has 1 unspecified atom stereocenters. The quantitative estimate of drug-likeness (QED) is 0.405. The molecule has 0 aliphatic carbocycles. The number of amides is 2. The third-order valence-corrected chi connectivity index (χ3v) is 7.15. The molecule has 1 N–H and O–H groups in total. The van der Waals surface area contributed by atoms with Gasteiger partial charge in [-0.2, -0.15) is 0 Å². The molecule has 0 saturated carbocycles. The summed E-state index contributed by atoms with van der Waals surface area (Å²) in [6, 6.07) is 16.2. The van der Waals surface area contributed by atoms with Crippen molar-refractivity contribution >= 4 is 34.8 Å². The van der Waals surface area contributed by atoms with Gasteiger partial charge in [0.2, 0.25) is 5.91 Å². The van der Waals surface area contributed by atoms with E-state index in [4.69, 9.17) is 21.1 Å². The summed E-state index contributed by atoms with van der Waals surface area (Å²) in [6.07, 6.45) is 0.978. The first-order chi connectivity index (χ1) is 18.2. The fourth-order valence-electron chi connectivity index (χ4n) is 4.72. The average molecular weight is 536 g/mol. The molecule has 2 atom stereocenters. The number of carbonyl (C=O) groups excluding carboxylic acids is 2. The van der Waals surface area contributed by atoms with E-state index in [1.165, 1.54) is 0 Å². The molecule has 0 fully saturated rings. The van der Waals surface area contributed by atoms with Crippen molar-refractivity contribution in [1.29, 1.82) is 0 Å². The van der Waals surface area contributed by atoms with E-state index in [9.17, 15) is 9.59 Å². The van der Waals surface area contributed by atoms with Crippen molar-refractivity contribution in [1.82, 2.24) is 5.32 Å². The number of nitrogens with zero attached hydrogens (tertiary/aromatic N) is 2. The molecule has 2 amide bonds. The largest absolute Gasteiger partial charge is 0.493 e. The fraction of sp³-hybridized carbons (Fsp3) is 0.333. The summed E-state index contributed by atoms with van der Waals surface area (Å²) in [4.78, 5) is 30.6. The van der Waals surface area contributed by atoms with Crippen LogP contribution in [-0.4, -0.2) is 46.2 Å². The van der Waals surface area contributed by atoms with E-state index in [-0.39, 0.29) is 24.3 Å². The van der Waals surface area contributed by atoms with Gasteiger partial charge in [0.1, 0.15) is 0 Å². The zero-order valence-corrected chi connectivity index (χ0v) is 23.4. The van der Waals surface area contributed by atoms with Crippen molar-refractivity contribution in [3.63, 3.8) is 0 Å². The topological polar surface area (TPSA) is 71.1 Å². The molecule has 0 saturated heterocycles. The Hall–Kier alpha value is -3.71. The first-order valence-corrected chi connectivity index (χ1v) is 13.0. The van der Waals surface area contributed by atoms with Gasteiger partial charge in [-0.05, 0) is 78.6 Å². The molecule has 7 nitrogen and oxygen atoms in total. The van der Waals surface area contributed by atoms with Crippen LogP contribution in [0.2, 0.25) is 5.02 Å². The summed E-state index contributed by atoms with van der Waals surface area (Å²) < 4.78 is 11.9. The van der Waals surface area contributed by atoms with E-state index in [0.29, 0.717) is 27.6 Å². The van der Waals surface area contributed by atoms with Gasteiger partial charge in [-0.15, -0.1) is 0 Å². The van der Waals surface area contributed by atoms with Crippen molar-refractivity contribution in [3.8, 4) is 11.5 Å². The van der Waals surface area contributed by atoms with E-state index >= 15 is 0 Å². The van der Waals surface area contributed by atoms with Crippen LogP contribution in [0.15, 0.2) is 54.6 Å². The molecule has 4 rings (SSSR count).